The first-order valence-corrected chi connectivity index (χ1v) is 10.4. The van der Waals surface area contributed by atoms with Crippen molar-refractivity contribution in [2.75, 3.05) is 0 Å². The van der Waals surface area contributed by atoms with Crippen molar-refractivity contribution in [3.63, 3.8) is 0 Å². The molecule has 1 aliphatic heterocycles. The van der Waals surface area contributed by atoms with Crippen LogP contribution in [0.15, 0.2) is 47.5 Å². The van der Waals surface area contributed by atoms with Crippen LogP contribution in [0.2, 0.25) is 0 Å². The lowest BCUT2D eigenvalue weighted by Crippen LogP contribution is -2.54. The van der Waals surface area contributed by atoms with Crippen molar-refractivity contribution in [2.45, 2.75) is 58.3 Å². The number of carbonyl (C=O) groups excluding carboxylic acids is 1. The fourth-order valence-electron chi connectivity index (χ4n) is 3.27. The molecule has 1 heterocycles. The highest BCUT2D eigenvalue weighted by Gasteiger charge is 2.27. The predicted octanol–water partition coefficient (Wildman–Crippen LogP) is 3.57. The molecule has 0 bridgehead atoms. The van der Waals surface area contributed by atoms with Gasteiger partial charge in [0.2, 0.25) is 5.96 Å². The van der Waals surface area contributed by atoms with Crippen LogP contribution in [0.5, 0.6) is 0 Å². The van der Waals surface area contributed by atoms with E-state index in [1.165, 1.54) is 11.6 Å². The van der Waals surface area contributed by atoms with Crippen LogP contribution < -0.4 is 21.5 Å². The molecule has 8 heteroatoms. The third kappa shape index (κ3) is 6.32. The van der Waals surface area contributed by atoms with Crippen molar-refractivity contribution in [1.82, 2.24) is 21.5 Å². The minimum Gasteiger partial charge on any atom is -0.351 e. The van der Waals surface area contributed by atoms with Gasteiger partial charge in [-0.1, -0.05) is 31.2 Å². The van der Waals surface area contributed by atoms with E-state index < -0.39 is 17.5 Å². The van der Waals surface area contributed by atoms with E-state index in [2.05, 4.69) is 57.7 Å². The van der Waals surface area contributed by atoms with Crippen LogP contribution in [0.1, 0.15) is 61.6 Å². The summed E-state index contributed by atoms with van der Waals surface area (Å²) in [7, 11) is 0. The van der Waals surface area contributed by atoms with Gasteiger partial charge in [-0.15, -0.1) is 0 Å². The Bertz CT molecular complexity index is 953. The molecule has 1 saturated heterocycles. The van der Waals surface area contributed by atoms with Crippen molar-refractivity contribution in [3.8, 4) is 0 Å². The molecule has 2 unspecified atom stereocenters. The number of nitrogens with one attached hydrogen (secondary N) is 4. The van der Waals surface area contributed by atoms with E-state index in [4.69, 9.17) is 0 Å². The summed E-state index contributed by atoms with van der Waals surface area (Å²) in [4.78, 5) is 16.6. The topological polar surface area (TPSA) is 77.5 Å². The smallest absolute Gasteiger partial charge is 0.280 e. The summed E-state index contributed by atoms with van der Waals surface area (Å²) < 4.78 is 26.7. The van der Waals surface area contributed by atoms with Gasteiger partial charge in [0.05, 0.1) is 6.17 Å². The first-order valence-electron chi connectivity index (χ1n) is 10.4. The van der Waals surface area contributed by atoms with Gasteiger partial charge in [0.1, 0.15) is 0 Å². The molecule has 0 radical (unpaired) electrons. The lowest BCUT2D eigenvalue weighted by molar-refractivity contribution is 0.100. The highest BCUT2D eigenvalue weighted by Crippen LogP contribution is 2.22. The number of benzene rings is 2. The third-order valence-electron chi connectivity index (χ3n) is 4.88. The lowest BCUT2D eigenvalue weighted by atomic mass is 10.0. The van der Waals surface area contributed by atoms with Crippen molar-refractivity contribution in [3.05, 3.63) is 70.8 Å². The van der Waals surface area contributed by atoms with E-state index in [0.29, 0.717) is 0 Å². The Labute approximate surface area is 181 Å². The second kappa shape index (κ2) is 9.53. The molecule has 31 heavy (non-hydrogen) atoms. The van der Waals surface area contributed by atoms with Gasteiger partial charge in [0.15, 0.2) is 11.6 Å². The number of carbonyl (C=O) groups is 1. The summed E-state index contributed by atoms with van der Waals surface area (Å²) in [6, 6.07) is 11.5. The van der Waals surface area contributed by atoms with E-state index in [1.54, 1.807) is 0 Å². The van der Waals surface area contributed by atoms with Gasteiger partial charge in [-0.2, -0.15) is 4.99 Å². The monoisotopic (exact) mass is 429 g/mol. The van der Waals surface area contributed by atoms with Crippen molar-refractivity contribution in [1.29, 1.82) is 0 Å². The van der Waals surface area contributed by atoms with E-state index in [1.807, 2.05) is 20.8 Å². The van der Waals surface area contributed by atoms with Crippen LogP contribution in [0.4, 0.5) is 8.78 Å². The summed E-state index contributed by atoms with van der Waals surface area (Å²) in [6.07, 6.45) is 1.52. The Hall–Kier alpha value is -2.84. The Kier molecular flexibility index (Phi) is 7.02. The molecular formula is C23H29F2N5O. The zero-order valence-electron chi connectivity index (χ0n) is 18.2. The molecule has 2 atom stereocenters. The summed E-state index contributed by atoms with van der Waals surface area (Å²) >= 11 is 0. The van der Waals surface area contributed by atoms with E-state index in [-0.39, 0.29) is 29.3 Å². The minimum absolute atomic E-state index is 0.0275. The van der Waals surface area contributed by atoms with Crippen LogP contribution in [0, 0.1) is 11.6 Å². The quantitative estimate of drug-likeness (QED) is 0.442. The largest absolute Gasteiger partial charge is 0.351 e. The summed E-state index contributed by atoms with van der Waals surface area (Å²) in [5, 5.41) is 6.36. The maximum absolute atomic E-state index is 13.5. The molecule has 0 spiro atoms. The molecule has 3 rings (SSSR count). The van der Waals surface area contributed by atoms with Gasteiger partial charge < -0.3 is 10.6 Å². The van der Waals surface area contributed by atoms with Gasteiger partial charge in [-0.25, -0.2) is 19.6 Å². The molecule has 4 N–H and O–H groups in total. The minimum atomic E-state index is -1.09. The van der Waals surface area contributed by atoms with Crippen molar-refractivity contribution in [2.24, 2.45) is 4.99 Å². The van der Waals surface area contributed by atoms with E-state index >= 15 is 0 Å². The maximum Gasteiger partial charge on any atom is 0.280 e. The Morgan fingerprint density at radius 1 is 1.10 bits per heavy atom. The number of guanidine groups is 1. The number of hydrogen-bond donors (Lipinski definition) is 4. The standard InChI is InChI=1S/C23H29F2N5O/c1-5-14-6-8-15(9-7-14)19-13-20(30-29-19)26-22(28-23(2,3)4)27-21(31)16-10-11-17(24)18(25)12-16/h6-12,19-20,29-30H,5,13H2,1-4H3,(H2,26,27,28,31). The number of nitrogens with zero attached hydrogens (tertiary/aromatic N) is 1. The molecule has 1 amide bonds. The fourth-order valence-corrected chi connectivity index (χ4v) is 3.27. The van der Waals surface area contributed by atoms with Gasteiger partial charge in [-0.3, -0.25) is 4.79 Å². The highest BCUT2D eigenvalue weighted by atomic mass is 19.2. The Balaban J connectivity index is 1.72. The van der Waals surface area contributed by atoms with Gasteiger partial charge in [-0.05, 0) is 56.5 Å². The number of amides is 1. The second-order valence-electron chi connectivity index (χ2n) is 8.64. The first kappa shape index (κ1) is 22.8. The average Bonchev–Trinajstić information content (AvgIpc) is 3.17. The molecule has 0 saturated carbocycles. The molecule has 1 fully saturated rings. The Morgan fingerprint density at radius 3 is 2.42 bits per heavy atom. The van der Waals surface area contributed by atoms with Gasteiger partial charge in [0.25, 0.3) is 5.91 Å². The van der Waals surface area contributed by atoms with Crippen LogP contribution in [-0.2, 0) is 6.42 Å². The molecule has 6 nitrogen and oxygen atoms in total. The first-order chi connectivity index (χ1) is 14.6. The molecule has 0 aliphatic carbocycles. The molecule has 2 aromatic rings. The number of halogens is 2. The molecular weight excluding hydrogens is 400 g/mol. The maximum atomic E-state index is 13.5. The SMILES string of the molecule is CCc1ccc(C2CC(N/C(=N\C(=O)c3ccc(F)c(F)c3)NC(C)(C)C)NN2)cc1. The fraction of sp³-hybridized carbons (Fsp3) is 0.391. The molecule has 166 valence electrons. The zero-order chi connectivity index (χ0) is 22.6. The number of aryl methyl sites for hydroxylation is 1. The predicted molar refractivity (Wildman–Crippen MR) is 117 cm³/mol. The van der Waals surface area contributed by atoms with Crippen molar-refractivity contribution < 1.29 is 13.6 Å². The number of hydrogen-bond acceptors (Lipinski definition) is 3. The number of hydrazine groups is 1. The van der Waals surface area contributed by atoms with Crippen molar-refractivity contribution >= 4 is 11.9 Å². The van der Waals surface area contributed by atoms with Crippen LogP contribution >= 0.6 is 0 Å². The zero-order valence-corrected chi connectivity index (χ0v) is 18.2. The molecule has 0 aromatic heterocycles. The summed E-state index contributed by atoms with van der Waals surface area (Å²) in [5.41, 5.74) is 8.47. The summed E-state index contributed by atoms with van der Waals surface area (Å²) in [5.74, 6) is -2.51. The lowest BCUT2D eigenvalue weighted by Gasteiger charge is -2.25. The van der Waals surface area contributed by atoms with Crippen LogP contribution in [-0.4, -0.2) is 23.6 Å². The summed E-state index contributed by atoms with van der Waals surface area (Å²) in [6.45, 7) is 7.93. The van der Waals surface area contributed by atoms with E-state index in [0.717, 1.165) is 30.5 Å². The normalized spacial score (nSPS) is 19.4. The van der Waals surface area contributed by atoms with E-state index in [9.17, 15) is 13.6 Å². The Morgan fingerprint density at radius 2 is 1.81 bits per heavy atom. The number of rotatable bonds is 4. The van der Waals surface area contributed by atoms with Crippen LogP contribution in [0.3, 0.4) is 0 Å². The molecule has 2 aromatic carbocycles. The third-order valence-corrected chi connectivity index (χ3v) is 4.88. The van der Waals surface area contributed by atoms with Gasteiger partial charge in [0, 0.05) is 23.6 Å². The van der Waals surface area contributed by atoms with Crippen LogP contribution in [0.25, 0.3) is 0 Å². The second-order valence-corrected chi connectivity index (χ2v) is 8.64. The molecule has 1 aliphatic rings. The highest BCUT2D eigenvalue weighted by molar-refractivity contribution is 6.02. The van der Waals surface area contributed by atoms with Gasteiger partial charge >= 0.3 is 0 Å². The average molecular weight is 430 g/mol. The number of aliphatic imine (C=N–C) groups is 1.